The van der Waals surface area contributed by atoms with Gasteiger partial charge in [-0.05, 0) is 24.6 Å². The Bertz CT molecular complexity index is 464. The van der Waals surface area contributed by atoms with Crippen molar-refractivity contribution in [2.24, 2.45) is 0 Å². The van der Waals surface area contributed by atoms with Crippen LogP contribution in [-0.4, -0.2) is 33.2 Å². The number of aryl methyl sites for hydroxylation is 1. The summed E-state index contributed by atoms with van der Waals surface area (Å²) in [6.07, 6.45) is 0.222. The van der Waals surface area contributed by atoms with Crippen molar-refractivity contribution >= 4 is 17.9 Å². The van der Waals surface area contributed by atoms with Crippen molar-refractivity contribution in [3.05, 3.63) is 34.9 Å². The highest BCUT2D eigenvalue weighted by atomic mass is 16.4. The molecule has 0 spiro atoms. The summed E-state index contributed by atoms with van der Waals surface area (Å²) >= 11 is 0. The van der Waals surface area contributed by atoms with Crippen LogP contribution >= 0.6 is 0 Å². The lowest BCUT2D eigenvalue weighted by Gasteiger charge is -2.01. The summed E-state index contributed by atoms with van der Waals surface area (Å²) in [6.45, 7) is 3.22. The van der Waals surface area contributed by atoms with E-state index in [4.69, 9.17) is 15.3 Å². The van der Waals surface area contributed by atoms with E-state index in [1.54, 1.807) is 13.8 Å². The minimum absolute atomic E-state index is 0.0111. The van der Waals surface area contributed by atoms with E-state index in [1.807, 2.05) is 0 Å². The van der Waals surface area contributed by atoms with E-state index in [2.05, 4.69) is 0 Å². The van der Waals surface area contributed by atoms with Gasteiger partial charge >= 0.3 is 17.9 Å². The summed E-state index contributed by atoms with van der Waals surface area (Å²) in [5.41, 5.74) is 0.570. The van der Waals surface area contributed by atoms with Gasteiger partial charge < -0.3 is 15.3 Å². The van der Waals surface area contributed by atoms with Crippen LogP contribution in [-0.2, 0) is 4.79 Å². The lowest BCUT2D eigenvalue weighted by atomic mass is 10.1. The summed E-state index contributed by atoms with van der Waals surface area (Å²) in [5.74, 6) is -2.98. The molecule has 0 aliphatic rings. The molecular formula is C12H14O6. The molecular weight excluding hydrogens is 240 g/mol. The lowest BCUT2D eigenvalue weighted by Crippen LogP contribution is -2.03. The van der Waals surface area contributed by atoms with Gasteiger partial charge in [-0.15, -0.1) is 0 Å². The SMILES string of the molecule is CCC(=O)O.Cc1ccc(C(=O)O)cc1C(=O)O. The van der Waals surface area contributed by atoms with Gasteiger partial charge in [0.15, 0.2) is 0 Å². The summed E-state index contributed by atoms with van der Waals surface area (Å²) in [6, 6.07) is 4.01. The van der Waals surface area contributed by atoms with Crippen LogP contribution in [0.3, 0.4) is 0 Å². The number of aliphatic carboxylic acids is 1. The summed E-state index contributed by atoms with van der Waals surface area (Å²) < 4.78 is 0. The van der Waals surface area contributed by atoms with E-state index < -0.39 is 17.9 Å². The predicted molar refractivity (Wildman–Crippen MR) is 63.0 cm³/mol. The molecule has 6 nitrogen and oxygen atoms in total. The molecule has 0 aromatic heterocycles. The molecule has 0 radical (unpaired) electrons. The first-order valence-corrected chi connectivity index (χ1v) is 5.08. The van der Waals surface area contributed by atoms with E-state index in [9.17, 15) is 14.4 Å². The fraction of sp³-hybridized carbons (Fsp3) is 0.250. The van der Waals surface area contributed by atoms with E-state index in [-0.39, 0.29) is 17.5 Å². The number of carboxylic acid groups (broad SMARTS) is 3. The van der Waals surface area contributed by atoms with Gasteiger partial charge in [-0.25, -0.2) is 9.59 Å². The normalized spacial score (nSPS) is 9.00. The van der Waals surface area contributed by atoms with E-state index in [0.717, 1.165) is 6.07 Å². The molecule has 0 saturated carbocycles. The minimum Gasteiger partial charge on any atom is -0.481 e. The average molecular weight is 254 g/mol. The Balaban J connectivity index is 0.000000494. The van der Waals surface area contributed by atoms with Crippen molar-refractivity contribution < 1.29 is 29.7 Å². The van der Waals surface area contributed by atoms with Crippen molar-refractivity contribution in [1.29, 1.82) is 0 Å². The minimum atomic E-state index is -1.12. The molecule has 0 saturated heterocycles. The van der Waals surface area contributed by atoms with Crippen LogP contribution in [0, 0.1) is 6.92 Å². The highest BCUT2D eigenvalue weighted by molar-refractivity contribution is 5.94. The maximum Gasteiger partial charge on any atom is 0.335 e. The van der Waals surface area contributed by atoms with Gasteiger partial charge in [0.2, 0.25) is 0 Å². The molecule has 0 aliphatic heterocycles. The van der Waals surface area contributed by atoms with Crippen molar-refractivity contribution in [2.75, 3.05) is 0 Å². The lowest BCUT2D eigenvalue weighted by molar-refractivity contribution is -0.136. The third-order valence-corrected chi connectivity index (χ3v) is 2.02. The van der Waals surface area contributed by atoms with E-state index >= 15 is 0 Å². The van der Waals surface area contributed by atoms with E-state index in [0.29, 0.717) is 5.56 Å². The molecule has 0 amide bonds. The Morgan fingerprint density at radius 2 is 1.56 bits per heavy atom. The molecule has 0 fully saturated rings. The van der Waals surface area contributed by atoms with Gasteiger partial charge in [0.05, 0.1) is 11.1 Å². The summed E-state index contributed by atoms with van der Waals surface area (Å²) in [4.78, 5) is 30.5. The van der Waals surface area contributed by atoms with Crippen molar-refractivity contribution in [1.82, 2.24) is 0 Å². The zero-order valence-corrected chi connectivity index (χ0v) is 10.0. The molecule has 18 heavy (non-hydrogen) atoms. The van der Waals surface area contributed by atoms with Crippen LogP contribution in [0.2, 0.25) is 0 Å². The molecule has 0 aliphatic carbocycles. The average Bonchev–Trinajstić information content (AvgIpc) is 2.29. The second-order valence-corrected chi connectivity index (χ2v) is 3.39. The molecule has 1 aromatic carbocycles. The summed E-state index contributed by atoms with van der Waals surface area (Å²) in [7, 11) is 0. The third kappa shape index (κ3) is 5.11. The Labute approximate surface area is 103 Å². The van der Waals surface area contributed by atoms with Crippen LogP contribution in [0.15, 0.2) is 18.2 Å². The second-order valence-electron chi connectivity index (χ2n) is 3.39. The fourth-order valence-corrected chi connectivity index (χ4v) is 0.985. The highest BCUT2D eigenvalue weighted by Crippen LogP contribution is 2.11. The monoisotopic (exact) mass is 254 g/mol. The number of hydrogen-bond acceptors (Lipinski definition) is 3. The van der Waals surface area contributed by atoms with E-state index in [1.165, 1.54) is 12.1 Å². The standard InChI is InChI=1S/C9H8O4.C3H6O2/c1-5-2-3-6(8(10)11)4-7(5)9(12)13;1-2-3(4)5/h2-4H,1H3,(H,10,11)(H,12,13);2H2,1H3,(H,4,5). The van der Waals surface area contributed by atoms with Gasteiger partial charge in [0.1, 0.15) is 0 Å². The zero-order chi connectivity index (χ0) is 14.3. The largest absolute Gasteiger partial charge is 0.481 e. The molecule has 0 unspecified atom stereocenters. The van der Waals surface area contributed by atoms with Crippen LogP contribution in [0.1, 0.15) is 39.6 Å². The topological polar surface area (TPSA) is 112 Å². The Kier molecular flexibility index (Phi) is 6.12. The molecule has 0 atom stereocenters. The first-order valence-electron chi connectivity index (χ1n) is 5.08. The summed E-state index contributed by atoms with van der Waals surface area (Å²) in [5, 5.41) is 25.0. The number of rotatable bonds is 3. The van der Waals surface area contributed by atoms with Gasteiger partial charge in [-0.1, -0.05) is 13.0 Å². The predicted octanol–water partition coefficient (Wildman–Crippen LogP) is 1.87. The smallest absolute Gasteiger partial charge is 0.335 e. The third-order valence-electron chi connectivity index (χ3n) is 2.02. The number of hydrogen-bond donors (Lipinski definition) is 3. The Hall–Kier alpha value is -2.37. The maximum atomic E-state index is 10.6. The molecule has 6 heteroatoms. The number of carboxylic acids is 3. The first-order chi connectivity index (χ1) is 8.29. The van der Waals surface area contributed by atoms with Crippen LogP contribution in [0.5, 0.6) is 0 Å². The van der Waals surface area contributed by atoms with Gasteiger partial charge in [0.25, 0.3) is 0 Å². The molecule has 1 aromatic rings. The van der Waals surface area contributed by atoms with Crippen LogP contribution in [0.4, 0.5) is 0 Å². The van der Waals surface area contributed by atoms with Gasteiger partial charge in [-0.2, -0.15) is 0 Å². The van der Waals surface area contributed by atoms with Crippen molar-refractivity contribution in [2.45, 2.75) is 20.3 Å². The van der Waals surface area contributed by atoms with Gasteiger partial charge in [0, 0.05) is 6.42 Å². The van der Waals surface area contributed by atoms with Gasteiger partial charge in [-0.3, -0.25) is 4.79 Å². The van der Waals surface area contributed by atoms with Crippen LogP contribution in [0.25, 0.3) is 0 Å². The van der Waals surface area contributed by atoms with Crippen LogP contribution < -0.4 is 0 Å². The Morgan fingerprint density at radius 3 is 1.89 bits per heavy atom. The zero-order valence-electron chi connectivity index (χ0n) is 10.0. The fourth-order valence-electron chi connectivity index (χ4n) is 0.985. The van der Waals surface area contributed by atoms with Crippen molar-refractivity contribution in [3.8, 4) is 0 Å². The molecule has 1 rings (SSSR count). The molecule has 98 valence electrons. The van der Waals surface area contributed by atoms with Crippen molar-refractivity contribution in [3.63, 3.8) is 0 Å². The number of carbonyl (C=O) groups is 3. The second kappa shape index (κ2) is 7.05. The number of aromatic carboxylic acids is 2. The molecule has 3 N–H and O–H groups in total. The maximum absolute atomic E-state index is 10.6. The molecule has 0 bridgehead atoms. The first kappa shape index (κ1) is 15.6. The highest BCUT2D eigenvalue weighted by Gasteiger charge is 2.10. The quantitative estimate of drug-likeness (QED) is 0.759. The number of benzene rings is 1. The molecule has 0 heterocycles. The Morgan fingerprint density at radius 1 is 1.06 bits per heavy atom.